The second-order valence-corrected chi connectivity index (χ2v) is 5.19. The van der Waals surface area contributed by atoms with Crippen molar-refractivity contribution in [2.45, 2.75) is 44.4 Å². The van der Waals surface area contributed by atoms with Gasteiger partial charge in [0.15, 0.2) is 0 Å². The number of amides is 2. The summed E-state index contributed by atoms with van der Waals surface area (Å²) in [6.07, 6.45) is -2.97. The van der Waals surface area contributed by atoms with Gasteiger partial charge in [-0.2, -0.15) is 13.2 Å². The van der Waals surface area contributed by atoms with Gasteiger partial charge in [0, 0.05) is 0 Å². The summed E-state index contributed by atoms with van der Waals surface area (Å²) in [5.41, 5.74) is -1.17. The Hall–Kier alpha value is -1.27. The van der Waals surface area contributed by atoms with E-state index in [1.165, 1.54) is 13.8 Å². The van der Waals surface area contributed by atoms with Crippen LogP contribution in [0.5, 0.6) is 0 Å². The van der Waals surface area contributed by atoms with Crippen molar-refractivity contribution in [2.24, 2.45) is 5.92 Å². The minimum atomic E-state index is -4.49. The molecular formula is C11H15F3N2O2. The van der Waals surface area contributed by atoms with E-state index in [9.17, 15) is 22.8 Å². The van der Waals surface area contributed by atoms with Crippen LogP contribution < -0.4 is 5.32 Å². The van der Waals surface area contributed by atoms with E-state index in [0.717, 1.165) is 12.8 Å². The summed E-state index contributed by atoms with van der Waals surface area (Å²) in [5, 5.41) is 2.57. The lowest BCUT2D eigenvalue weighted by atomic mass is 9.89. The number of nitrogens with one attached hydrogen (secondary N) is 1. The minimum Gasteiger partial charge on any atom is -0.340 e. The number of piperazine rings is 1. The molecule has 2 rings (SSSR count). The Bertz CT molecular complexity index is 392. The van der Waals surface area contributed by atoms with E-state index < -0.39 is 36.1 Å². The third-order valence-corrected chi connectivity index (χ3v) is 3.68. The largest absolute Gasteiger partial charge is 0.406 e. The SMILES string of the molecule is CC1C(=O)NC(C)(C2CC2)C(=O)N1CC(F)(F)F. The summed E-state index contributed by atoms with van der Waals surface area (Å²) in [5.74, 6) is -1.19. The highest BCUT2D eigenvalue weighted by Gasteiger charge is 2.55. The van der Waals surface area contributed by atoms with Gasteiger partial charge >= 0.3 is 6.18 Å². The van der Waals surface area contributed by atoms with Crippen molar-refractivity contribution in [1.82, 2.24) is 10.2 Å². The second-order valence-electron chi connectivity index (χ2n) is 5.19. The van der Waals surface area contributed by atoms with Crippen LogP contribution in [0.2, 0.25) is 0 Å². The molecule has 0 aromatic rings. The van der Waals surface area contributed by atoms with Gasteiger partial charge < -0.3 is 10.2 Å². The fourth-order valence-corrected chi connectivity index (χ4v) is 2.37. The molecule has 7 heteroatoms. The van der Waals surface area contributed by atoms with Gasteiger partial charge in [-0.05, 0) is 32.6 Å². The smallest absolute Gasteiger partial charge is 0.340 e. The Balaban J connectivity index is 2.25. The van der Waals surface area contributed by atoms with Crippen molar-refractivity contribution in [3.8, 4) is 0 Å². The normalized spacial score (nSPS) is 33.6. The fourth-order valence-electron chi connectivity index (χ4n) is 2.37. The van der Waals surface area contributed by atoms with Crippen LogP contribution in [-0.4, -0.2) is 41.0 Å². The van der Waals surface area contributed by atoms with E-state index in [1.54, 1.807) is 0 Å². The van der Waals surface area contributed by atoms with Crippen molar-refractivity contribution < 1.29 is 22.8 Å². The van der Waals surface area contributed by atoms with Gasteiger partial charge in [-0.25, -0.2) is 0 Å². The molecule has 2 amide bonds. The molecule has 102 valence electrons. The average molecular weight is 264 g/mol. The maximum atomic E-state index is 12.5. The molecule has 0 bridgehead atoms. The summed E-state index contributed by atoms with van der Waals surface area (Å²) in [7, 11) is 0. The zero-order valence-electron chi connectivity index (χ0n) is 10.2. The first-order valence-electron chi connectivity index (χ1n) is 5.85. The number of halogens is 3. The molecule has 1 aliphatic carbocycles. The molecule has 2 atom stereocenters. The van der Waals surface area contributed by atoms with E-state index in [-0.39, 0.29) is 5.92 Å². The number of carbonyl (C=O) groups is 2. The molecule has 4 nitrogen and oxygen atoms in total. The number of nitrogens with zero attached hydrogens (tertiary/aromatic N) is 1. The Morgan fingerprint density at radius 1 is 1.39 bits per heavy atom. The average Bonchev–Trinajstić information content (AvgIpc) is 3.04. The summed E-state index contributed by atoms with van der Waals surface area (Å²) < 4.78 is 37.4. The highest BCUT2D eigenvalue weighted by molar-refractivity contribution is 5.99. The van der Waals surface area contributed by atoms with Crippen LogP contribution in [0.25, 0.3) is 0 Å². The Morgan fingerprint density at radius 2 is 1.94 bits per heavy atom. The van der Waals surface area contributed by atoms with Crippen molar-refractivity contribution in [3.63, 3.8) is 0 Å². The van der Waals surface area contributed by atoms with Gasteiger partial charge in [0.05, 0.1) is 0 Å². The zero-order chi connectivity index (χ0) is 13.7. The van der Waals surface area contributed by atoms with Gasteiger partial charge in [0.1, 0.15) is 18.1 Å². The van der Waals surface area contributed by atoms with Crippen LogP contribution in [-0.2, 0) is 9.59 Å². The Labute approximate surface area is 103 Å². The standard InChI is InChI=1S/C11H15F3N2O2/c1-6-8(17)15-10(2,7-3-4-7)9(18)16(6)5-11(12,13)14/h6-7H,3-5H2,1-2H3,(H,15,17). The van der Waals surface area contributed by atoms with Crippen molar-refractivity contribution in [3.05, 3.63) is 0 Å². The highest BCUT2D eigenvalue weighted by Crippen LogP contribution is 2.42. The van der Waals surface area contributed by atoms with Crippen LogP contribution in [0.3, 0.4) is 0 Å². The Morgan fingerprint density at radius 3 is 2.39 bits per heavy atom. The van der Waals surface area contributed by atoms with Gasteiger partial charge in [-0.1, -0.05) is 0 Å². The van der Waals surface area contributed by atoms with Crippen molar-refractivity contribution in [1.29, 1.82) is 0 Å². The molecule has 1 saturated heterocycles. The van der Waals surface area contributed by atoms with Gasteiger partial charge in [-0.15, -0.1) is 0 Å². The molecule has 0 aromatic heterocycles. The van der Waals surface area contributed by atoms with Gasteiger partial charge in [0.2, 0.25) is 11.8 Å². The molecule has 0 aromatic carbocycles. The lowest BCUT2D eigenvalue weighted by molar-refractivity contribution is -0.177. The molecule has 2 fully saturated rings. The molecule has 0 radical (unpaired) electrons. The first kappa shape index (κ1) is 13.2. The lowest BCUT2D eigenvalue weighted by Gasteiger charge is -2.43. The van der Waals surface area contributed by atoms with Crippen molar-refractivity contribution >= 4 is 11.8 Å². The van der Waals surface area contributed by atoms with E-state index >= 15 is 0 Å². The monoisotopic (exact) mass is 264 g/mol. The number of hydrogen-bond donors (Lipinski definition) is 1. The number of rotatable bonds is 2. The topological polar surface area (TPSA) is 49.4 Å². The van der Waals surface area contributed by atoms with Gasteiger partial charge in [0.25, 0.3) is 0 Å². The van der Waals surface area contributed by atoms with E-state index in [2.05, 4.69) is 5.32 Å². The molecular weight excluding hydrogens is 249 g/mol. The maximum absolute atomic E-state index is 12.5. The predicted molar refractivity (Wildman–Crippen MR) is 56.5 cm³/mol. The first-order valence-corrected chi connectivity index (χ1v) is 5.85. The van der Waals surface area contributed by atoms with Crippen molar-refractivity contribution in [2.75, 3.05) is 6.54 Å². The van der Waals surface area contributed by atoms with Crippen LogP contribution in [0.4, 0.5) is 13.2 Å². The second kappa shape index (κ2) is 3.86. The molecule has 2 aliphatic rings. The molecule has 2 unspecified atom stereocenters. The van der Waals surface area contributed by atoms with Crippen LogP contribution >= 0.6 is 0 Å². The number of hydrogen-bond acceptors (Lipinski definition) is 2. The molecule has 18 heavy (non-hydrogen) atoms. The maximum Gasteiger partial charge on any atom is 0.406 e. The summed E-state index contributed by atoms with van der Waals surface area (Å²) in [4.78, 5) is 24.5. The quantitative estimate of drug-likeness (QED) is 0.811. The zero-order valence-corrected chi connectivity index (χ0v) is 10.2. The Kier molecular flexibility index (Phi) is 2.82. The van der Waals surface area contributed by atoms with Crippen LogP contribution in [0.15, 0.2) is 0 Å². The van der Waals surface area contributed by atoms with E-state index in [1.807, 2.05) is 0 Å². The number of carbonyl (C=O) groups excluding carboxylic acids is 2. The minimum absolute atomic E-state index is 0.0443. The lowest BCUT2D eigenvalue weighted by Crippen LogP contribution is -2.70. The summed E-state index contributed by atoms with van der Waals surface area (Å²) >= 11 is 0. The molecule has 1 aliphatic heterocycles. The third-order valence-electron chi connectivity index (χ3n) is 3.68. The summed E-state index contributed by atoms with van der Waals surface area (Å²) in [6, 6.07) is -1.08. The highest BCUT2D eigenvalue weighted by atomic mass is 19.4. The molecule has 1 heterocycles. The summed E-state index contributed by atoms with van der Waals surface area (Å²) in [6.45, 7) is 1.45. The van der Waals surface area contributed by atoms with Crippen LogP contribution in [0.1, 0.15) is 26.7 Å². The van der Waals surface area contributed by atoms with Gasteiger partial charge in [-0.3, -0.25) is 9.59 Å². The molecule has 1 N–H and O–H groups in total. The molecule has 1 saturated carbocycles. The van der Waals surface area contributed by atoms with Crippen LogP contribution in [0, 0.1) is 5.92 Å². The third kappa shape index (κ3) is 2.18. The number of alkyl halides is 3. The van der Waals surface area contributed by atoms with E-state index in [4.69, 9.17) is 0 Å². The molecule has 0 spiro atoms. The fraction of sp³-hybridized carbons (Fsp3) is 0.818. The first-order chi connectivity index (χ1) is 8.15. The predicted octanol–water partition coefficient (Wildman–Crippen LogP) is 1.06. The van der Waals surface area contributed by atoms with E-state index in [0.29, 0.717) is 4.90 Å².